The van der Waals surface area contributed by atoms with Crippen LogP contribution >= 0.6 is 0 Å². The van der Waals surface area contributed by atoms with Crippen LogP contribution in [0.2, 0.25) is 0 Å². The zero-order chi connectivity index (χ0) is 21.6. The standard InChI is InChI=1S/C26H20O5/c1-29-23-13-18-21(15-24(23)30-2)26(19-11-7-6-10-17(19)12-25(28)31-26)20(14-22(18)27)16-8-4-3-5-9-16/h3-11,13-15H,12H2,1-2H3. The lowest BCUT2D eigenvalue weighted by atomic mass is 9.68. The van der Waals surface area contributed by atoms with Gasteiger partial charge in [-0.1, -0.05) is 54.6 Å². The van der Waals surface area contributed by atoms with Crippen molar-refractivity contribution < 1.29 is 23.8 Å². The molecular formula is C26H20O5. The number of fused-ring (bicyclic) bond motifs is 4. The monoisotopic (exact) mass is 412 g/mol. The second kappa shape index (κ2) is 7.13. The molecule has 0 fully saturated rings. The van der Waals surface area contributed by atoms with Crippen molar-refractivity contribution in [3.63, 3.8) is 0 Å². The van der Waals surface area contributed by atoms with Crippen LogP contribution in [-0.2, 0) is 21.6 Å². The maximum atomic E-state index is 13.2. The van der Waals surface area contributed by atoms with Crippen molar-refractivity contribution in [1.82, 2.24) is 0 Å². The lowest BCUT2D eigenvalue weighted by Crippen LogP contribution is -2.43. The van der Waals surface area contributed by atoms with Gasteiger partial charge in [-0.15, -0.1) is 0 Å². The van der Waals surface area contributed by atoms with Gasteiger partial charge >= 0.3 is 5.97 Å². The van der Waals surface area contributed by atoms with Gasteiger partial charge in [0.15, 0.2) is 22.9 Å². The van der Waals surface area contributed by atoms with Crippen molar-refractivity contribution in [2.45, 2.75) is 12.0 Å². The Morgan fingerprint density at radius 2 is 1.52 bits per heavy atom. The largest absolute Gasteiger partial charge is 0.493 e. The molecule has 31 heavy (non-hydrogen) atoms. The number of hydrogen-bond donors (Lipinski definition) is 0. The van der Waals surface area contributed by atoms with Crippen LogP contribution < -0.4 is 9.47 Å². The first-order valence-electron chi connectivity index (χ1n) is 9.97. The number of hydrogen-bond acceptors (Lipinski definition) is 5. The number of rotatable bonds is 3. The predicted molar refractivity (Wildman–Crippen MR) is 115 cm³/mol. The van der Waals surface area contributed by atoms with Gasteiger partial charge in [0, 0.05) is 22.3 Å². The average Bonchev–Trinajstić information content (AvgIpc) is 2.81. The molecule has 1 aliphatic carbocycles. The maximum absolute atomic E-state index is 13.2. The van der Waals surface area contributed by atoms with Gasteiger partial charge < -0.3 is 14.2 Å². The maximum Gasteiger partial charge on any atom is 0.311 e. The number of benzene rings is 3. The van der Waals surface area contributed by atoms with Crippen molar-refractivity contribution in [3.05, 3.63) is 101 Å². The summed E-state index contributed by atoms with van der Waals surface area (Å²) in [7, 11) is 3.06. The van der Waals surface area contributed by atoms with Gasteiger partial charge in [-0.05, 0) is 29.3 Å². The van der Waals surface area contributed by atoms with E-state index in [4.69, 9.17) is 14.2 Å². The lowest BCUT2D eigenvalue weighted by Gasteiger charge is -2.43. The molecule has 154 valence electrons. The molecule has 0 saturated heterocycles. The van der Waals surface area contributed by atoms with E-state index >= 15 is 0 Å². The molecule has 5 heteroatoms. The summed E-state index contributed by atoms with van der Waals surface area (Å²) in [5.74, 6) is 0.369. The topological polar surface area (TPSA) is 61.8 Å². The molecule has 0 radical (unpaired) electrons. The zero-order valence-electron chi connectivity index (χ0n) is 17.2. The van der Waals surface area contributed by atoms with Crippen molar-refractivity contribution in [2.75, 3.05) is 14.2 Å². The molecule has 0 amide bonds. The molecule has 1 aliphatic heterocycles. The van der Waals surface area contributed by atoms with Gasteiger partial charge in [0.05, 0.1) is 20.6 Å². The molecule has 5 nitrogen and oxygen atoms in total. The highest BCUT2D eigenvalue weighted by Gasteiger charge is 2.51. The Morgan fingerprint density at radius 3 is 2.26 bits per heavy atom. The van der Waals surface area contributed by atoms with E-state index in [0.29, 0.717) is 28.2 Å². The Hall–Kier alpha value is -3.86. The smallest absolute Gasteiger partial charge is 0.311 e. The van der Waals surface area contributed by atoms with E-state index in [1.165, 1.54) is 14.2 Å². The highest BCUT2D eigenvalue weighted by atomic mass is 16.6. The molecule has 1 atom stereocenters. The second-order valence-electron chi connectivity index (χ2n) is 7.53. The van der Waals surface area contributed by atoms with Crippen LogP contribution in [0, 0.1) is 0 Å². The fourth-order valence-electron chi connectivity index (χ4n) is 4.57. The first kappa shape index (κ1) is 19.1. The first-order valence-corrected chi connectivity index (χ1v) is 9.97. The van der Waals surface area contributed by atoms with Gasteiger partial charge in [0.25, 0.3) is 0 Å². The Kier molecular flexibility index (Phi) is 4.40. The highest BCUT2D eigenvalue weighted by molar-refractivity contribution is 6.15. The summed E-state index contributed by atoms with van der Waals surface area (Å²) in [5, 5.41) is 0. The van der Waals surface area contributed by atoms with Gasteiger partial charge in [-0.3, -0.25) is 9.59 Å². The number of ether oxygens (including phenoxy) is 3. The van der Waals surface area contributed by atoms with Crippen LogP contribution in [0.5, 0.6) is 11.5 Å². The lowest BCUT2D eigenvalue weighted by molar-refractivity contribution is -0.153. The minimum atomic E-state index is -1.27. The van der Waals surface area contributed by atoms with E-state index < -0.39 is 5.60 Å². The van der Waals surface area contributed by atoms with Crippen molar-refractivity contribution in [3.8, 4) is 11.5 Å². The summed E-state index contributed by atoms with van der Waals surface area (Å²) in [6.07, 6.45) is 1.75. The molecule has 3 aromatic rings. The summed E-state index contributed by atoms with van der Waals surface area (Å²) < 4.78 is 17.2. The van der Waals surface area contributed by atoms with E-state index in [-0.39, 0.29) is 18.2 Å². The molecule has 1 heterocycles. The van der Waals surface area contributed by atoms with Gasteiger partial charge in [0.1, 0.15) is 0 Å². The molecule has 5 rings (SSSR count). The molecule has 1 spiro atoms. The molecular weight excluding hydrogens is 392 g/mol. The average molecular weight is 412 g/mol. The highest BCUT2D eigenvalue weighted by Crippen LogP contribution is 2.53. The third-order valence-electron chi connectivity index (χ3n) is 5.91. The van der Waals surface area contributed by atoms with E-state index in [0.717, 1.165) is 16.7 Å². The van der Waals surface area contributed by atoms with Crippen LogP contribution in [0.25, 0.3) is 5.57 Å². The number of allylic oxidation sites excluding steroid dienone is 1. The fourth-order valence-corrected chi connectivity index (χ4v) is 4.57. The number of ketones is 1. The van der Waals surface area contributed by atoms with Gasteiger partial charge in [-0.25, -0.2) is 0 Å². The molecule has 2 aliphatic rings. The molecule has 3 aromatic carbocycles. The van der Waals surface area contributed by atoms with Crippen molar-refractivity contribution in [2.24, 2.45) is 0 Å². The Morgan fingerprint density at radius 1 is 0.839 bits per heavy atom. The van der Waals surface area contributed by atoms with Crippen LogP contribution in [0.4, 0.5) is 0 Å². The van der Waals surface area contributed by atoms with E-state index in [2.05, 4.69) is 0 Å². The Bertz CT molecular complexity index is 1240. The van der Waals surface area contributed by atoms with Gasteiger partial charge in [-0.2, -0.15) is 0 Å². The van der Waals surface area contributed by atoms with E-state index in [9.17, 15) is 9.59 Å². The van der Waals surface area contributed by atoms with E-state index in [1.807, 2.05) is 54.6 Å². The summed E-state index contributed by atoms with van der Waals surface area (Å²) in [6.45, 7) is 0. The molecule has 0 aromatic heterocycles. The number of carbonyl (C=O) groups excluding carboxylic acids is 2. The van der Waals surface area contributed by atoms with Crippen LogP contribution in [0.15, 0.2) is 72.8 Å². The SMILES string of the molecule is COc1cc2c(cc1OC)C1(OC(=O)Cc3ccccc31)C(c1ccccc1)=CC2=O. The quantitative estimate of drug-likeness (QED) is 0.600. The van der Waals surface area contributed by atoms with Crippen LogP contribution in [0.3, 0.4) is 0 Å². The summed E-state index contributed by atoms with van der Waals surface area (Å²) in [4.78, 5) is 26.1. The molecule has 0 N–H and O–H groups in total. The normalized spacial score (nSPS) is 19.2. The van der Waals surface area contributed by atoms with Crippen LogP contribution in [-0.4, -0.2) is 26.0 Å². The number of methoxy groups -OCH3 is 2. The Balaban J connectivity index is 1.91. The molecule has 0 bridgehead atoms. The summed E-state index contributed by atoms with van der Waals surface area (Å²) >= 11 is 0. The zero-order valence-corrected chi connectivity index (χ0v) is 17.2. The first-order chi connectivity index (χ1) is 15.1. The van der Waals surface area contributed by atoms with E-state index in [1.54, 1.807) is 18.2 Å². The fraction of sp³-hybridized carbons (Fsp3) is 0.154. The third kappa shape index (κ3) is 2.77. The third-order valence-corrected chi connectivity index (χ3v) is 5.91. The molecule has 1 unspecified atom stereocenters. The summed E-state index contributed by atoms with van der Waals surface area (Å²) in [5.41, 5.74) is 2.86. The predicted octanol–water partition coefficient (Wildman–Crippen LogP) is 4.33. The van der Waals surface area contributed by atoms with Gasteiger partial charge in [0.2, 0.25) is 0 Å². The van der Waals surface area contributed by atoms with Crippen LogP contribution in [0.1, 0.15) is 32.6 Å². The van der Waals surface area contributed by atoms with Crippen molar-refractivity contribution >= 4 is 17.3 Å². The number of carbonyl (C=O) groups is 2. The Labute approximate surface area is 179 Å². The number of esters is 1. The second-order valence-corrected chi connectivity index (χ2v) is 7.53. The summed E-state index contributed by atoms with van der Waals surface area (Å²) in [6, 6.07) is 20.6. The minimum absolute atomic E-state index is 0.177. The van der Waals surface area contributed by atoms with Crippen molar-refractivity contribution in [1.29, 1.82) is 0 Å². The molecule has 0 saturated carbocycles. The minimum Gasteiger partial charge on any atom is -0.493 e.